The van der Waals surface area contributed by atoms with E-state index in [0.29, 0.717) is 43.0 Å². The van der Waals surface area contributed by atoms with Gasteiger partial charge in [-0.25, -0.2) is 36.2 Å². The van der Waals surface area contributed by atoms with Gasteiger partial charge in [-0.3, -0.25) is 19.6 Å². The van der Waals surface area contributed by atoms with Crippen LogP contribution in [0.4, 0.5) is 0 Å². The highest BCUT2D eigenvalue weighted by atomic mass is 79.9. The summed E-state index contributed by atoms with van der Waals surface area (Å²) in [6.45, 7) is 27.2. The van der Waals surface area contributed by atoms with Gasteiger partial charge < -0.3 is 37.7 Å². The average Bonchev–Trinajstić information content (AvgIpc) is 1.55. The molecule has 0 atom stereocenters. The number of carbonyl (C=O) groups excluding carboxylic acids is 2. The second-order valence-electron chi connectivity index (χ2n) is 26.6. The van der Waals surface area contributed by atoms with E-state index in [-0.39, 0.29) is 54.0 Å². The van der Waals surface area contributed by atoms with Crippen molar-refractivity contribution in [1.82, 2.24) is 49.5 Å². The third kappa shape index (κ3) is 18.5. The van der Waals surface area contributed by atoms with Crippen LogP contribution in [0.3, 0.4) is 0 Å². The monoisotopic (exact) mass is 1380 g/mol. The summed E-state index contributed by atoms with van der Waals surface area (Å²) >= 11 is 3.31. The van der Waals surface area contributed by atoms with E-state index >= 15 is 0 Å². The van der Waals surface area contributed by atoms with Crippen molar-refractivity contribution in [3.05, 3.63) is 76.8 Å². The van der Waals surface area contributed by atoms with Gasteiger partial charge in [-0.2, -0.15) is 9.97 Å². The largest absolute Gasteiger partial charge is 0.496 e. The van der Waals surface area contributed by atoms with Gasteiger partial charge in [-0.15, -0.1) is 10.2 Å². The summed E-state index contributed by atoms with van der Waals surface area (Å²) in [6, 6.07) is 12.8. The topological polar surface area (TPSA) is 289 Å². The molecule has 1 aliphatic heterocycles. The van der Waals surface area contributed by atoms with Crippen molar-refractivity contribution >= 4 is 76.3 Å². The highest BCUT2D eigenvalue weighted by Crippen LogP contribution is 2.44. The highest BCUT2D eigenvalue weighted by molar-refractivity contribution is 9.10. The van der Waals surface area contributed by atoms with Gasteiger partial charge in [0.2, 0.25) is 53.4 Å². The van der Waals surface area contributed by atoms with Gasteiger partial charge in [-0.05, 0) is 125 Å². The molecule has 3 aliphatic rings. The van der Waals surface area contributed by atoms with Crippen molar-refractivity contribution in [1.29, 1.82) is 0 Å². The zero-order chi connectivity index (χ0) is 66.3. The van der Waals surface area contributed by atoms with Crippen molar-refractivity contribution in [3.8, 4) is 45.9 Å². The summed E-state index contributed by atoms with van der Waals surface area (Å²) in [5.74, 6) is 0.964. The second-order valence-corrected chi connectivity index (χ2v) is 42.6. The van der Waals surface area contributed by atoms with Crippen LogP contribution < -0.4 is 14.9 Å². The Morgan fingerprint density at radius 2 is 1.06 bits per heavy atom. The molecule has 3 fully saturated rings. The van der Waals surface area contributed by atoms with E-state index in [1.807, 2.05) is 59.7 Å². The van der Waals surface area contributed by atoms with Crippen LogP contribution in [0.15, 0.2) is 76.0 Å². The number of nitrogens with zero attached hydrogens (tertiary/aromatic N) is 10. The van der Waals surface area contributed by atoms with Crippen LogP contribution in [0, 0.1) is 24.7 Å². The summed E-state index contributed by atoms with van der Waals surface area (Å²) in [5.41, 5.74) is 3.54. The van der Waals surface area contributed by atoms with E-state index in [1.54, 1.807) is 43.0 Å². The van der Waals surface area contributed by atoms with Crippen LogP contribution in [0.25, 0.3) is 34.2 Å². The lowest BCUT2D eigenvalue weighted by molar-refractivity contribution is -0.162. The molecule has 6 aromatic heterocycles. The van der Waals surface area contributed by atoms with E-state index in [0.717, 1.165) is 95.3 Å². The van der Waals surface area contributed by atoms with Crippen LogP contribution in [0.1, 0.15) is 77.3 Å². The van der Waals surface area contributed by atoms with Gasteiger partial charge >= 0.3 is 19.1 Å². The summed E-state index contributed by atoms with van der Waals surface area (Å²) in [5, 5.41) is 8.34. The third-order valence-electron chi connectivity index (χ3n) is 16.2. The molecule has 9 rings (SSSR count). The lowest BCUT2D eigenvalue weighted by atomic mass is 9.69. The van der Waals surface area contributed by atoms with E-state index in [2.05, 4.69) is 95.3 Å². The Kier molecular flexibility index (Phi) is 23.0. The molecule has 2 aliphatic carbocycles. The number of hydrogen-bond acceptors (Lipinski definition) is 22. The number of pyridine rings is 4. The number of aryl methyl sites for hydroxylation is 2. The maximum absolute atomic E-state index is 12.3. The van der Waals surface area contributed by atoms with E-state index in [1.165, 1.54) is 23.6 Å². The van der Waals surface area contributed by atoms with Gasteiger partial charge in [0.15, 0.2) is 0 Å². The fourth-order valence-corrected chi connectivity index (χ4v) is 12.7. The van der Waals surface area contributed by atoms with Crippen molar-refractivity contribution in [2.45, 2.75) is 166 Å². The molecule has 0 unspecified atom stereocenters. The Morgan fingerprint density at radius 3 is 1.41 bits per heavy atom. The predicted molar refractivity (Wildman–Crippen MR) is 349 cm³/mol. The lowest BCUT2D eigenvalue weighted by Crippen LogP contribution is -2.44. The smallest absolute Gasteiger partial charge is 0.476 e. The van der Waals surface area contributed by atoms with Crippen LogP contribution in [0.5, 0.6) is 11.8 Å². The Balaban J connectivity index is 0.000000201. The van der Waals surface area contributed by atoms with Gasteiger partial charge in [0.05, 0.1) is 25.4 Å². The van der Waals surface area contributed by atoms with E-state index < -0.39 is 65.0 Å². The van der Waals surface area contributed by atoms with Gasteiger partial charge in [0.25, 0.3) is 0 Å². The van der Waals surface area contributed by atoms with Gasteiger partial charge in [-0.1, -0.05) is 58.2 Å². The van der Waals surface area contributed by atoms with Crippen molar-refractivity contribution in [2.75, 3.05) is 53.2 Å². The molecule has 1 saturated heterocycles. The SMILES string of the molecule is COC(=O)C1(COc2cc(C)c(-c3ccc(-c4nc(S(C)(=O)=O)n(COCC[Si](C)(C)C)n4)nc3)cn2)CCC1.COC(=O)C1(COc2cc(C)c(B3OC(C)(C)C(C)(C)O3)cn2)CCC1.C[Si](C)(C)CCOCn1nc(-c2ccc(Br)cn2)nc1S(C)(=O)=O. The summed E-state index contributed by atoms with van der Waals surface area (Å²) in [4.78, 5) is 50.0. The molecule has 2 saturated carbocycles. The minimum atomic E-state index is -3.62. The molecule has 0 radical (unpaired) electrons. The molecule has 490 valence electrons. The number of methoxy groups -OCH3 is 2. The normalized spacial score (nSPS) is 16.5. The van der Waals surface area contributed by atoms with Crippen LogP contribution in [-0.2, 0) is 71.0 Å². The van der Waals surface area contributed by atoms with E-state index in [9.17, 15) is 26.4 Å². The minimum absolute atomic E-state index is 0.00198. The summed E-state index contributed by atoms with van der Waals surface area (Å²) in [6.07, 6.45) is 14.0. The number of esters is 2. The number of rotatable bonds is 24. The first-order chi connectivity index (χ1) is 42.0. The molecule has 6 aromatic rings. The second kappa shape index (κ2) is 29.0. The first-order valence-electron chi connectivity index (χ1n) is 29.7. The molecule has 0 spiro atoms. The maximum atomic E-state index is 12.3. The summed E-state index contributed by atoms with van der Waals surface area (Å²) in [7, 11) is -7.24. The Morgan fingerprint density at radius 1 is 0.622 bits per heavy atom. The molecule has 0 amide bonds. The highest BCUT2D eigenvalue weighted by Gasteiger charge is 2.52. The fraction of sp³-hybridized carbons (Fsp3) is 0.567. The Bertz CT molecular complexity index is 3690. The van der Waals surface area contributed by atoms with E-state index in [4.69, 9.17) is 37.7 Å². The Labute approximate surface area is 539 Å². The molecule has 0 aromatic carbocycles. The van der Waals surface area contributed by atoms with Crippen molar-refractivity contribution < 1.29 is 64.2 Å². The van der Waals surface area contributed by atoms with Crippen molar-refractivity contribution in [3.63, 3.8) is 0 Å². The quantitative estimate of drug-likeness (QED) is 0.0309. The fourth-order valence-electron chi connectivity index (χ4n) is 9.47. The number of ether oxygens (including phenoxy) is 6. The molecular weight excluding hydrogens is 1300 g/mol. The van der Waals surface area contributed by atoms with Gasteiger partial charge in [0, 0.05) is 99.9 Å². The van der Waals surface area contributed by atoms with Crippen molar-refractivity contribution in [2.24, 2.45) is 10.8 Å². The number of aromatic nitrogens is 10. The van der Waals surface area contributed by atoms with Crippen LogP contribution >= 0.6 is 15.9 Å². The molecule has 0 bridgehead atoms. The molecule has 24 nitrogen and oxygen atoms in total. The molecule has 30 heteroatoms. The number of halogens is 1. The molecule has 7 heterocycles. The lowest BCUT2D eigenvalue weighted by Gasteiger charge is -2.38. The zero-order valence-corrected chi connectivity index (χ0v) is 59.9. The van der Waals surface area contributed by atoms with Crippen LogP contribution in [-0.4, -0.2) is 166 Å². The molecule has 0 N–H and O–H groups in total. The Hall–Kier alpha value is -5.86. The zero-order valence-electron chi connectivity index (χ0n) is 54.6. The standard InChI is InChI=1S/C27H37N5O6SSi.C19H28BNO5.C14H21BrN4O3SSi/c1-19-14-23(38-17-27(10-7-11-27)25(33)36-2)29-16-21(19)20-8-9-22(28-15-20)24-30-26(39(3,34)35)32(31-24)18-37-12-13-40(4,5)6;1-13-10-15(24-12-19(8-7-9-19)16(22)23-6)21-11-14(13)20-25-17(2,3)18(4,5)26-20;1-23(20,21)14-17-13(12-6-5-11(15)9-16-12)18-19(14)10-22-7-8-24(2,3)4/h8-9,14-16H,7,10-13,17-18H2,1-6H3;10-11H,7-9,12H2,1-6H3;5-6,9H,7-8,10H2,1-4H3. The number of carbonyl (C=O) groups is 2. The first-order valence-corrected chi connectivity index (χ1v) is 41.7. The van der Waals surface area contributed by atoms with Gasteiger partial charge in [0.1, 0.15) is 48.9 Å². The molecule has 90 heavy (non-hydrogen) atoms. The summed E-state index contributed by atoms with van der Waals surface area (Å²) < 4.78 is 97.0. The number of sulfone groups is 2. The predicted octanol–water partition coefficient (Wildman–Crippen LogP) is 9.38. The maximum Gasteiger partial charge on any atom is 0.496 e. The van der Waals surface area contributed by atoms with Crippen LogP contribution in [0.2, 0.25) is 51.4 Å². The third-order valence-corrected chi connectivity index (χ3v) is 22.0. The first kappa shape index (κ1) is 71.6. The minimum Gasteiger partial charge on any atom is -0.476 e. The molecular formula is C60H86BBrN10O14S2Si2. The number of hydrogen-bond donors (Lipinski definition) is 0. The average molecular weight is 1380 g/mol.